The van der Waals surface area contributed by atoms with Gasteiger partial charge in [0.2, 0.25) is 0 Å². The molecule has 0 saturated carbocycles. The Morgan fingerprint density at radius 2 is 1.57 bits per heavy atom. The highest BCUT2D eigenvalue weighted by Gasteiger charge is 2.18. The lowest BCUT2D eigenvalue weighted by atomic mass is 10.1. The number of carbonyl (C=O) groups is 2. The Balaban J connectivity index is 2.28. The number of rotatable bonds is 5. The van der Waals surface area contributed by atoms with Crippen molar-refractivity contribution in [1.82, 2.24) is 0 Å². The highest BCUT2D eigenvalue weighted by Crippen LogP contribution is 2.17. The first-order valence-corrected chi connectivity index (χ1v) is 6.49. The summed E-state index contributed by atoms with van der Waals surface area (Å²) in [5.74, 6) is -1.38. The third kappa shape index (κ3) is 3.46. The lowest BCUT2D eigenvalue weighted by Crippen LogP contribution is -2.31. The first-order valence-electron chi connectivity index (χ1n) is 6.49. The van der Waals surface area contributed by atoms with Gasteiger partial charge in [-0.3, -0.25) is 9.63 Å². The van der Waals surface area contributed by atoms with Crippen molar-refractivity contribution in [2.24, 2.45) is 0 Å². The molecule has 0 fully saturated rings. The molecule has 5 nitrogen and oxygen atoms in total. The number of carboxylic acid groups (broad SMARTS) is 1. The zero-order valence-corrected chi connectivity index (χ0v) is 11.5. The van der Waals surface area contributed by atoms with E-state index in [0.29, 0.717) is 17.9 Å². The van der Waals surface area contributed by atoms with Gasteiger partial charge < -0.3 is 5.11 Å². The van der Waals surface area contributed by atoms with E-state index in [1.54, 1.807) is 19.1 Å². The predicted octanol–water partition coefficient (Wildman–Crippen LogP) is 2.98. The van der Waals surface area contributed by atoms with Crippen molar-refractivity contribution >= 4 is 17.6 Å². The van der Waals surface area contributed by atoms with Crippen molar-refractivity contribution in [2.45, 2.75) is 6.92 Å². The standard InChI is InChI=1S/C16H15NO4/c1-2-21-17(14-6-4-3-5-7-14)15(18)12-8-10-13(11-9-12)16(19)20/h3-11H,2H2,1H3,(H,19,20). The number of aromatic carboxylic acids is 1. The van der Waals surface area contributed by atoms with Gasteiger partial charge in [-0.2, -0.15) is 5.06 Å². The molecule has 2 aromatic carbocycles. The second-order valence-electron chi connectivity index (χ2n) is 4.24. The van der Waals surface area contributed by atoms with Gasteiger partial charge in [-0.15, -0.1) is 0 Å². The number of benzene rings is 2. The summed E-state index contributed by atoms with van der Waals surface area (Å²) >= 11 is 0. The van der Waals surface area contributed by atoms with E-state index in [4.69, 9.17) is 9.94 Å². The molecule has 0 aliphatic rings. The highest BCUT2D eigenvalue weighted by atomic mass is 16.7. The van der Waals surface area contributed by atoms with Crippen LogP contribution in [0.25, 0.3) is 0 Å². The highest BCUT2D eigenvalue weighted by molar-refractivity contribution is 6.05. The molecular weight excluding hydrogens is 270 g/mol. The van der Waals surface area contributed by atoms with Gasteiger partial charge in [0.25, 0.3) is 5.91 Å². The monoisotopic (exact) mass is 285 g/mol. The Hall–Kier alpha value is -2.66. The molecule has 0 spiro atoms. The number of nitrogens with zero attached hydrogens (tertiary/aromatic N) is 1. The molecule has 1 N–H and O–H groups in total. The van der Waals surface area contributed by atoms with Crippen molar-refractivity contribution in [2.75, 3.05) is 11.7 Å². The largest absolute Gasteiger partial charge is 0.478 e. The van der Waals surface area contributed by atoms with Gasteiger partial charge in [0.1, 0.15) is 0 Å². The maximum absolute atomic E-state index is 12.5. The van der Waals surface area contributed by atoms with E-state index in [1.165, 1.54) is 29.3 Å². The van der Waals surface area contributed by atoms with Gasteiger partial charge in [-0.1, -0.05) is 18.2 Å². The number of carboxylic acids is 1. The maximum Gasteiger partial charge on any atom is 0.335 e. The molecule has 0 aromatic heterocycles. The molecule has 5 heteroatoms. The third-order valence-corrected chi connectivity index (χ3v) is 2.81. The van der Waals surface area contributed by atoms with Crippen LogP contribution in [0.1, 0.15) is 27.6 Å². The Labute approximate surface area is 122 Å². The first-order chi connectivity index (χ1) is 10.1. The van der Waals surface area contributed by atoms with Gasteiger partial charge in [-0.25, -0.2) is 4.79 Å². The molecule has 0 unspecified atom stereocenters. The maximum atomic E-state index is 12.5. The van der Waals surface area contributed by atoms with Crippen molar-refractivity contribution in [1.29, 1.82) is 0 Å². The second-order valence-corrected chi connectivity index (χ2v) is 4.24. The summed E-state index contributed by atoms with van der Waals surface area (Å²) in [5.41, 5.74) is 1.11. The number of amides is 1. The summed E-state index contributed by atoms with van der Waals surface area (Å²) < 4.78 is 0. The van der Waals surface area contributed by atoms with Crippen LogP contribution in [-0.2, 0) is 4.84 Å². The molecule has 0 atom stereocenters. The molecule has 0 aliphatic carbocycles. The molecule has 2 rings (SSSR count). The number of hydrogen-bond donors (Lipinski definition) is 1. The topological polar surface area (TPSA) is 66.8 Å². The summed E-state index contributed by atoms with van der Waals surface area (Å²) in [5, 5.41) is 10.1. The van der Waals surface area contributed by atoms with Gasteiger partial charge in [0.05, 0.1) is 17.9 Å². The SMILES string of the molecule is CCON(C(=O)c1ccc(C(=O)O)cc1)c1ccccc1. The molecule has 0 aliphatic heterocycles. The summed E-state index contributed by atoms with van der Waals surface area (Å²) in [6.07, 6.45) is 0. The minimum atomic E-state index is -1.03. The van der Waals surface area contributed by atoms with E-state index < -0.39 is 5.97 Å². The Morgan fingerprint density at radius 3 is 2.10 bits per heavy atom. The Bertz CT molecular complexity index is 622. The smallest absolute Gasteiger partial charge is 0.335 e. The van der Waals surface area contributed by atoms with Crippen LogP contribution in [0.3, 0.4) is 0 Å². The minimum Gasteiger partial charge on any atom is -0.478 e. The average Bonchev–Trinajstić information content (AvgIpc) is 2.53. The predicted molar refractivity (Wildman–Crippen MR) is 78.3 cm³/mol. The van der Waals surface area contributed by atoms with Crippen molar-refractivity contribution < 1.29 is 19.5 Å². The number of para-hydroxylation sites is 1. The normalized spacial score (nSPS) is 10.1. The fourth-order valence-electron chi connectivity index (χ4n) is 1.82. The van der Waals surface area contributed by atoms with Crippen LogP contribution < -0.4 is 5.06 Å². The summed E-state index contributed by atoms with van der Waals surface area (Å²) in [6, 6.07) is 14.7. The van der Waals surface area contributed by atoms with E-state index in [2.05, 4.69) is 0 Å². The van der Waals surface area contributed by atoms with Crippen LogP contribution in [0.2, 0.25) is 0 Å². The Morgan fingerprint density at radius 1 is 1.00 bits per heavy atom. The van der Waals surface area contributed by atoms with Crippen molar-refractivity contribution in [3.8, 4) is 0 Å². The van der Waals surface area contributed by atoms with Crippen LogP contribution >= 0.6 is 0 Å². The summed E-state index contributed by atoms with van der Waals surface area (Å²) in [4.78, 5) is 28.7. The quantitative estimate of drug-likeness (QED) is 0.858. The number of hydroxylamine groups is 1. The molecule has 0 saturated heterocycles. The van der Waals surface area contributed by atoms with E-state index in [0.717, 1.165) is 0 Å². The van der Waals surface area contributed by atoms with Crippen LogP contribution in [0.5, 0.6) is 0 Å². The van der Waals surface area contributed by atoms with E-state index in [-0.39, 0.29) is 11.5 Å². The molecule has 108 valence electrons. The van der Waals surface area contributed by atoms with Crippen molar-refractivity contribution in [3.63, 3.8) is 0 Å². The van der Waals surface area contributed by atoms with E-state index in [9.17, 15) is 9.59 Å². The average molecular weight is 285 g/mol. The zero-order valence-electron chi connectivity index (χ0n) is 11.5. The minimum absolute atomic E-state index is 0.134. The van der Waals surface area contributed by atoms with Crippen molar-refractivity contribution in [3.05, 3.63) is 65.7 Å². The number of hydrogen-bond acceptors (Lipinski definition) is 3. The molecule has 1 amide bonds. The van der Waals surface area contributed by atoms with Gasteiger partial charge >= 0.3 is 5.97 Å². The first kappa shape index (κ1) is 14.7. The second kappa shape index (κ2) is 6.67. The van der Waals surface area contributed by atoms with E-state index >= 15 is 0 Å². The van der Waals surface area contributed by atoms with Gasteiger partial charge in [0.15, 0.2) is 0 Å². The molecule has 21 heavy (non-hydrogen) atoms. The number of anilines is 1. The summed E-state index contributed by atoms with van der Waals surface area (Å²) in [7, 11) is 0. The summed E-state index contributed by atoms with van der Waals surface area (Å²) in [6.45, 7) is 2.13. The molecular formula is C16H15NO4. The molecule has 2 aromatic rings. The van der Waals surface area contributed by atoms with Crippen LogP contribution in [0.4, 0.5) is 5.69 Å². The zero-order chi connectivity index (χ0) is 15.2. The molecule has 0 heterocycles. The molecule has 0 radical (unpaired) electrons. The fourth-order valence-corrected chi connectivity index (χ4v) is 1.82. The lowest BCUT2D eigenvalue weighted by molar-refractivity contribution is 0.0675. The van der Waals surface area contributed by atoms with Crippen LogP contribution in [-0.4, -0.2) is 23.6 Å². The van der Waals surface area contributed by atoms with Crippen LogP contribution in [0.15, 0.2) is 54.6 Å². The van der Waals surface area contributed by atoms with Crippen LogP contribution in [0, 0.1) is 0 Å². The van der Waals surface area contributed by atoms with E-state index in [1.807, 2.05) is 18.2 Å². The number of carbonyl (C=O) groups excluding carboxylic acids is 1. The Kier molecular flexibility index (Phi) is 4.68. The van der Waals surface area contributed by atoms with Gasteiger partial charge in [-0.05, 0) is 43.3 Å². The molecule has 0 bridgehead atoms. The fraction of sp³-hybridized carbons (Fsp3) is 0.125. The third-order valence-electron chi connectivity index (χ3n) is 2.81. The lowest BCUT2D eigenvalue weighted by Gasteiger charge is -2.21. The van der Waals surface area contributed by atoms with Gasteiger partial charge in [0, 0.05) is 5.56 Å².